The van der Waals surface area contributed by atoms with E-state index in [-0.39, 0.29) is 5.75 Å². The monoisotopic (exact) mass is 230 g/mol. The summed E-state index contributed by atoms with van der Waals surface area (Å²) in [7, 11) is 0. The first-order valence-corrected chi connectivity index (χ1v) is 5.73. The predicted molar refractivity (Wildman–Crippen MR) is 62.9 cm³/mol. The van der Waals surface area contributed by atoms with Gasteiger partial charge in [-0.1, -0.05) is 11.3 Å². The fourth-order valence-electron chi connectivity index (χ4n) is 2.05. The molecule has 1 aromatic heterocycles. The summed E-state index contributed by atoms with van der Waals surface area (Å²) in [6.07, 6.45) is 2.33. The lowest BCUT2D eigenvalue weighted by Gasteiger charge is -2.06. The number of phenols is 1. The Morgan fingerprint density at radius 3 is 2.88 bits per heavy atom. The van der Waals surface area contributed by atoms with Gasteiger partial charge in [-0.2, -0.15) is 0 Å². The molecule has 0 saturated heterocycles. The van der Waals surface area contributed by atoms with E-state index in [1.165, 1.54) is 12.8 Å². The molecular weight excluding hydrogens is 216 g/mol. The first-order chi connectivity index (χ1) is 8.29. The van der Waals surface area contributed by atoms with Gasteiger partial charge in [0.15, 0.2) is 0 Å². The molecule has 1 aliphatic carbocycles. The van der Waals surface area contributed by atoms with Gasteiger partial charge < -0.3 is 10.8 Å². The lowest BCUT2D eigenvalue weighted by Crippen LogP contribution is -2.04. The van der Waals surface area contributed by atoms with Gasteiger partial charge >= 0.3 is 0 Å². The van der Waals surface area contributed by atoms with Crippen molar-refractivity contribution in [3.05, 3.63) is 35.7 Å². The zero-order chi connectivity index (χ0) is 11.8. The van der Waals surface area contributed by atoms with Gasteiger partial charge in [0, 0.05) is 18.5 Å². The molecule has 88 valence electrons. The van der Waals surface area contributed by atoms with Crippen LogP contribution in [0.5, 0.6) is 5.75 Å². The van der Waals surface area contributed by atoms with Crippen molar-refractivity contribution in [2.45, 2.75) is 25.3 Å². The van der Waals surface area contributed by atoms with Gasteiger partial charge in [-0.25, -0.2) is 4.68 Å². The molecule has 5 heteroatoms. The maximum atomic E-state index is 9.50. The molecule has 0 atom stereocenters. The second-order valence-electron chi connectivity index (χ2n) is 4.33. The highest BCUT2D eigenvalue weighted by Crippen LogP contribution is 2.41. The van der Waals surface area contributed by atoms with Crippen molar-refractivity contribution in [3.8, 4) is 11.4 Å². The van der Waals surface area contributed by atoms with Crippen molar-refractivity contribution < 1.29 is 5.11 Å². The Labute approximate surface area is 98.9 Å². The summed E-state index contributed by atoms with van der Waals surface area (Å²) < 4.78 is 1.79. The minimum absolute atomic E-state index is 0.231. The maximum absolute atomic E-state index is 9.50. The smallest absolute Gasteiger partial charge is 0.117 e. The second kappa shape index (κ2) is 3.85. The van der Waals surface area contributed by atoms with Crippen LogP contribution in [0.2, 0.25) is 0 Å². The van der Waals surface area contributed by atoms with E-state index >= 15 is 0 Å². The third-order valence-corrected chi connectivity index (χ3v) is 3.01. The van der Waals surface area contributed by atoms with Crippen LogP contribution >= 0.6 is 0 Å². The molecule has 0 bridgehead atoms. The lowest BCUT2D eigenvalue weighted by molar-refractivity contribution is 0.474. The minimum Gasteiger partial charge on any atom is -0.508 e. The molecular formula is C12H14N4O. The minimum atomic E-state index is 0.231. The fourth-order valence-corrected chi connectivity index (χ4v) is 2.05. The fraction of sp³-hybridized carbons (Fsp3) is 0.333. The van der Waals surface area contributed by atoms with E-state index in [2.05, 4.69) is 10.3 Å². The Kier molecular flexibility index (Phi) is 2.33. The number of aromatic nitrogens is 3. The van der Waals surface area contributed by atoms with Crippen LogP contribution in [-0.4, -0.2) is 20.1 Å². The van der Waals surface area contributed by atoms with E-state index < -0.39 is 0 Å². The quantitative estimate of drug-likeness (QED) is 0.833. The molecule has 1 aromatic carbocycles. The number of aromatic hydroxyl groups is 1. The second-order valence-corrected chi connectivity index (χ2v) is 4.33. The molecule has 0 unspecified atom stereocenters. The number of nitrogens with zero attached hydrogens (tertiary/aromatic N) is 3. The van der Waals surface area contributed by atoms with Gasteiger partial charge in [0.2, 0.25) is 0 Å². The van der Waals surface area contributed by atoms with Crippen molar-refractivity contribution in [3.63, 3.8) is 0 Å². The normalized spacial score (nSPS) is 15.1. The van der Waals surface area contributed by atoms with Crippen molar-refractivity contribution >= 4 is 0 Å². The Bertz CT molecular complexity index is 545. The summed E-state index contributed by atoms with van der Waals surface area (Å²) in [6, 6.07) is 7.02. The third-order valence-electron chi connectivity index (χ3n) is 3.01. The molecule has 0 radical (unpaired) electrons. The number of hydrogen-bond acceptors (Lipinski definition) is 4. The summed E-state index contributed by atoms with van der Waals surface area (Å²) in [4.78, 5) is 0. The van der Waals surface area contributed by atoms with Crippen LogP contribution in [0.4, 0.5) is 0 Å². The Morgan fingerprint density at radius 2 is 2.24 bits per heavy atom. The zero-order valence-corrected chi connectivity index (χ0v) is 9.37. The molecule has 1 saturated carbocycles. The number of rotatable bonds is 3. The zero-order valence-electron chi connectivity index (χ0n) is 9.37. The van der Waals surface area contributed by atoms with E-state index in [0.717, 1.165) is 17.1 Å². The summed E-state index contributed by atoms with van der Waals surface area (Å²) in [5.41, 5.74) is 8.46. The lowest BCUT2D eigenvalue weighted by atomic mass is 10.2. The molecule has 0 aliphatic heterocycles. The van der Waals surface area contributed by atoms with Gasteiger partial charge in [0.25, 0.3) is 0 Å². The van der Waals surface area contributed by atoms with Gasteiger partial charge in [-0.3, -0.25) is 0 Å². The molecule has 2 aromatic rings. The third kappa shape index (κ3) is 1.78. The standard InChI is InChI=1S/C12H14N4O/c13-7-11-12(8-4-5-8)16(15-14-11)9-2-1-3-10(17)6-9/h1-3,6,8,17H,4-5,7,13H2. The molecule has 3 rings (SSSR count). The topological polar surface area (TPSA) is 77.0 Å². The van der Waals surface area contributed by atoms with E-state index in [0.29, 0.717) is 12.5 Å². The van der Waals surface area contributed by atoms with Crippen molar-refractivity contribution in [2.75, 3.05) is 0 Å². The van der Waals surface area contributed by atoms with Crippen molar-refractivity contribution in [1.29, 1.82) is 0 Å². The van der Waals surface area contributed by atoms with Crippen LogP contribution < -0.4 is 5.73 Å². The maximum Gasteiger partial charge on any atom is 0.117 e. The Balaban J connectivity index is 2.11. The van der Waals surface area contributed by atoms with Crippen molar-refractivity contribution in [2.24, 2.45) is 5.73 Å². The largest absolute Gasteiger partial charge is 0.508 e. The van der Waals surface area contributed by atoms with Crippen LogP contribution in [0, 0.1) is 0 Å². The predicted octanol–water partition coefficient (Wildman–Crippen LogP) is 1.31. The Hall–Kier alpha value is -1.88. The molecule has 17 heavy (non-hydrogen) atoms. The average Bonchev–Trinajstić information content (AvgIpc) is 3.08. The number of nitrogens with two attached hydrogens (primary N) is 1. The number of phenolic OH excluding ortho intramolecular Hbond substituents is 1. The van der Waals surface area contributed by atoms with Gasteiger partial charge in [0.05, 0.1) is 11.4 Å². The highest BCUT2D eigenvalue weighted by atomic mass is 16.3. The van der Waals surface area contributed by atoms with E-state index in [1.807, 2.05) is 6.07 Å². The number of hydrogen-bond donors (Lipinski definition) is 2. The SMILES string of the molecule is NCc1nnn(-c2cccc(O)c2)c1C1CC1. The average molecular weight is 230 g/mol. The highest BCUT2D eigenvalue weighted by Gasteiger charge is 2.31. The van der Waals surface area contributed by atoms with Crippen LogP contribution in [0.1, 0.15) is 30.1 Å². The summed E-state index contributed by atoms with van der Waals surface area (Å²) >= 11 is 0. The Morgan fingerprint density at radius 1 is 1.41 bits per heavy atom. The molecule has 1 heterocycles. The van der Waals surface area contributed by atoms with Crippen LogP contribution in [0.3, 0.4) is 0 Å². The van der Waals surface area contributed by atoms with E-state index in [1.54, 1.807) is 22.9 Å². The van der Waals surface area contributed by atoms with Crippen LogP contribution in [0.15, 0.2) is 24.3 Å². The summed E-state index contributed by atoms with van der Waals surface area (Å²) in [6.45, 7) is 0.407. The van der Waals surface area contributed by atoms with Crippen LogP contribution in [0.25, 0.3) is 5.69 Å². The summed E-state index contributed by atoms with van der Waals surface area (Å²) in [5.74, 6) is 0.750. The van der Waals surface area contributed by atoms with Gasteiger partial charge in [-0.05, 0) is 25.0 Å². The molecule has 3 N–H and O–H groups in total. The van der Waals surface area contributed by atoms with E-state index in [4.69, 9.17) is 5.73 Å². The van der Waals surface area contributed by atoms with Gasteiger partial charge in [0.1, 0.15) is 11.4 Å². The molecule has 0 spiro atoms. The molecule has 5 nitrogen and oxygen atoms in total. The van der Waals surface area contributed by atoms with Crippen LogP contribution in [-0.2, 0) is 6.54 Å². The van der Waals surface area contributed by atoms with E-state index in [9.17, 15) is 5.11 Å². The first kappa shape index (κ1) is 10.3. The number of benzene rings is 1. The molecule has 1 aliphatic rings. The summed E-state index contributed by atoms with van der Waals surface area (Å²) in [5, 5.41) is 17.7. The first-order valence-electron chi connectivity index (χ1n) is 5.73. The molecule has 0 amide bonds. The van der Waals surface area contributed by atoms with Gasteiger partial charge in [-0.15, -0.1) is 5.10 Å². The highest BCUT2D eigenvalue weighted by molar-refractivity contribution is 5.40. The molecule has 1 fully saturated rings. The van der Waals surface area contributed by atoms with Crippen molar-refractivity contribution in [1.82, 2.24) is 15.0 Å².